The van der Waals surface area contributed by atoms with Crippen LogP contribution in [-0.2, 0) is 17.4 Å². The minimum absolute atomic E-state index is 0.181. The molecule has 0 heterocycles. The zero-order valence-corrected chi connectivity index (χ0v) is 14.0. The summed E-state index contributed by atoms with van der Waals surface area (Å²) in [6, 6.07) is 16.6. The SMILES string of the molecule is CC(C)(C)c1ccc(CC(C)(N)c2ccc(Cl)cc2)cc1. The van der Waals surface area contributed by atoms with E-state index in [9.17, 15) is 0 Å². The van der Waals surface area contributed by atoms with Crippen molar-refractivity contribution in [2.24, 2.45) is 5.73 Å². The van der Waals surface area contributed by atoms with Crippen molar-refractivity contribution in [2.75, 3.05) is 0 Å². The first-order valence-electron chi connectivity index (χ1n) is 7.33. The van der Waals surface area contributed by atoms with Gasteiger partial charge in [-0.2, -0.15) is 0 Å². The van der Waals surface area contributed by atoms with Gasteiger partial charge in [-0.1, -0.05) is 68.8 Å². The Morgan fingerprint density at radius 1 is 0.810 bits per heavy atom. The summed E-state index contributed by atoms with van der Waals surface area (Å²) in [4.78, 5) is 0. The molecule has 1 nitrogen and oxygen atoms in total. The van der Waals surface area contributed by atoms with Crippen LogP contribution in [0, 0.1) is 0 Å². The second-order valence-corrected chi connectivity index (χ2v) is 7.48. The lowest BCUT2D eigenvalue weighted by atomic mass is 9.83. The van der Waals surface area contributed by atoms with E-state index >= 15 is 0 Å². The van der Waals surface area contributed by atoms with Gasteiger partial charge in [-0.15, -0.1) is 0 Å². The molecule has 1 unspecified atom stereocenters. The minimum Gasteiger partial charge on any atom is -0.321 e. The Balaban J connectivity index is 2.18. The van der Waals surface area contributed by atoms with Gasteiger partial charge in [-0.25, -0.2) is 0 Å². The van der Waals surface area contributed by atoms with E-state index in [0.717, 1.165) is 17.0 Å². The van der Waals surface area contributed by atoms with Crippen LogP contribution >= 0.6 is 11.6 Å². The second-order valence-electron chi connectivity index (χ2n) is 7.05. The third-order valence-corrected chi connectivity index (χ3v) is 4.15. The summed E-state index contributed by atoms with van der Waals surface area (Å²) in [6.45, 7) is 8.74. The molecule has 1 atom stereocenters. The summed E-state index contributed by atoms with van der Waals surface area (Å²) in [5.41, 5.74) is 9.99. The molecule has 0 bridgehead atoms. The lowest BCUT2D eigenvalue weighted by Gasteiger charge is -2.26. The van der Waals surface area contributed by atoms with Gasteiger partial charge in [0.2, 0.25) is 0 Å². The lowest BCUT2D eigenvalue weighted by Crippen LogP contribution is -2.35. The molecule has 2 rings (SSSR count). The topological polar surface area (TPSA) is 26.0 Å². The average Bonchev–Trinajstić information content (AvgIpc) is 2.38. The third-order valence-electron chi connectivity index (χ3n) is 3.90. The van der Waals surface area contributed by atoms with E-state index in [-0.39, 0.29) is 5.41 Å². The molecular formula is C19H24ClN. The van der Waals surface area contributed by atoms with Gasteiger partial charge < -0.3 is 5.73 Å². The Kier molecular flexibility index (Phi) is 4.46. The highest BCUT2D eigenvalue weighted by molar-refractivity contribution is 6.30. The molecule has 112 valence electrons. The number of halogens is 1. The van der Waals surface area contributed by atoms with Crippen molar-refractivity contribution in [3.05, 3.63) is 70.2 Å². The molecule has 0 aliphatic heterocycles. The molecule has 0 aromatic heterocycles. The third kappa shape index (κ3) is 4.09. The molecule has 0 aliphatic rings. The Hall–Kier alpha value is -1.31. The molecule has 21 heavy (non-hydrogen) atoms. The molecule has 0 radical (unpaired) electrons. The first kappa shape index (κ1) is 16.1. The van der Waals surface area contributed by atoms with Crippen LogP contribution in [0.2, 0.25) is 5.02 Å². The zero-order chi connectivity index (χ0) is 15.7. The standard InChI is InChI=1S/C19H24ClN/c1-18(2,3)15-7-5-14(6-8-15)13-19(4,21)16-9-11-17(20)12-10-16/h5-12H,13,21H2,1-4H3. The summed E-state index contributed by atoms with van der Waals surface area (Å²) >= 11 is 5.94. The summed E-state index contributed by atoms with van der Waals surface area (Å²) in [7, 11) is 0. The molecule has 0 saturated heterocycles. The van der Waals surface area contributed by atoms with Gasteiger partial charge in [-0.3, -0.25) is 0 Å². The van der Waals surface area contributed by atoms with Crippen molar-refractivity contribution in [1.82, 2.24) is 0 Å². The highest BCUT2D eigenvalue weighted by Crippen LogP contribution is 2.26. The largest absolute Gasteiger partial charge is 0.321 e. The first-order valence-corrected chi connectivity index (χ1v) is 7.71. The zero-order valence-electron chi connectivity index (χ0n) is 13.3. The van der Waals surface area contributed by atoms with E-state index in [4.69, 9.17) is 17.3 Å². The van der Waals surface area contributed by atoms with E-state index in [1.807, 2.05) is 24.3 Å². The quantitative estimate of drug-likeness (QED) is 0.843. The Labute approximate surface area is 133 Å². The van der Waals surface area contributed by atoms with Crippen molar-refractivity contribution >= 4 is 11.6 Å². The van der Waals surface area contributed by atoms with Gasteiger partial charge in [0.05, 0.1) is 0 Å². The van der Waals surface area contributed by atoms with Crippen LogP contribution < -0.4 is 5.73 Å². The van der Waals surface area contributed by atoms with Gasteiger partial charge in [-0.05, 0) is 47.6 Å². The number of hydrogen-bond acceptors (Lipinski definition) is 1. The number of hydrogen-bond donors (Lipinski definition) is 1. The molecule has 0 saturated carbocycles. The van der Waals surface area contributed by atoms with E-state index < -0.39 is 5.54 Å². The van der Waals surface area contributed by atoms with Gasteiger partial charge in [0.1, 0.15) is 0 Å². The summed E-state index contributed by atoms with van der Waals surface area (Å²) in [5.74, 6) is 0. The minimum atomic E-state index is -0.395. The molecule has 2 aromatic rings. The van der Waals surface area contributed by atoms with Crippen LogP contribution in [0.1, 0.15) is 44.4 Å². The van der Waals surface area contributed by atoms with E-state index in [0.29, 0.717) is 0 Å². The van der Waals surface area contributed by atoms with Crippen LogP contribution in [0.3, 0.4) is 0 Å². The van der Waals surface area contributed by atoms with Crippen LogP contribution in [0.4, 0.5) is 0 Å². The van der Waals surface area contributed by atoms with Gasteiger partial charge in [0.25, 0.3) is 0 Å². The smallest absolute Gasteiger partial charge is 0.0421 e. The van der Waals surface area contributed by atoms with Crippen LogP contribution in [0.25, 0.3) is 0 Å². The number of rotatable bonds is 3. The molecule has 2 N–H and O–H groups in total. The van der Waals surface area contributed by atoms with E-state index in [1.165, 1.54) is 11.1 Å². The number of nitrogens with two attached hydrogens (primary N) is 1. The summed E-state index contributed by atoms with van der Waals surface area (Å²) in [5, 5.41) is 0.740. The van der Waals surface area contributed by atoms with Crippen molar-refractivity contribution in [2.45, 2.75) is 45.1 Å². The molecule has 0 spiro atoms. The lowest BCUT2D eigenvalue weighted by molar-refractivity contribution is 0.491. The van der Waals surface area contributed by atoms with Gasteiger partial charge >= 0.3 is 0 Å². The summed E-state index contributed by atoms with van der Waals surface area (Å²) in [6.07, 6.45) is 0.805. The normalized spacial score (nSPS) is 14.8. The molecule has 2 heteroatoms. The van der Waals surface area contributed by atoms with Gasteiger partial charge in [0, 0.05) is 10.6 Å². The van der Waals surface area contributed by atoms with Crippen molar-refractivity contribution < 1.29 is 0 Å². The highest BCUT2D eigenvalue weighted by atomic mass is 35.5. The Morgan fingerprint density at radius 3 is 1.76 bits per heavy atom. The van der Waals surface area contributed by atoms with Crippen molar-refractivity contribution in [1.29, 1.82) is 0 Å². The second kappa shape index (κ2) is 5.82. The molecular weight excluding hydrogens is 278 g/mol. The van der Waals surface area contributed by atoms with Crippen molar-refractivity contribution in [3.8, 4) is 0 Å². The fraction of sp³-hybridized carbons (Fsp3) is 0.368. The van der Waals surface area contributed by atoms with E-state index in [2.05, 4.69) is 52.0 Å². The highest BCUT2D eigenvalue weighted by Gasteiger charge is 2.22. The molecule has 0 fully saturated rings. The fourth-order valence-electron chi connectivity index (χ4n) is 2.48. The van der Waals surface area contributed by atoms with Crippen molar-refractivity contribution in [3.63, 3.8) is 0 Å². The monoisotopic (exact) mass is 301 g/mol. The fourth-order valence-corrected chi connectivity index (χ4v) is 2.61. The maximum absolute atomic E-state index is 6.50. The first-order chi connectivity index (χ1) is 9.68. The molecule has 0 aliphatic carbocycles. The van der Waals surface area contributed by atoms with Crippen LogP contribution in [0.15, 0.2) is 48.5 Å². The maximum atomic E-state index is 6.50. The van der Waals surface area contributed by atoms with Crippen LogP contribution in [-0.4, -0.2) is 0 Å². The van der Waals surface area contributed by atoms with E-state index in [1.54, 1.807) is 0 Å². The van der Waals surface area contributed by atoms with Crippen LogP contribution in [0.5, 0.6) is 0 Å². The predicted molar refractivity (Wildman–Crippen MR) is 91.8 cm³/mol. The maximum Gasteiger partial charge on any atom is 0.0421 e. The molecule has 0 amide bonds. The summed E-state index contributed by atoms with van der Waals surface area (Å²) < 4.78 is 0. The predicted octanol–water partition coefficient (Wildman–Crippen LogP) is 5.05. The molecule has 2 aromatic carbocycles. The Bertz CT molecular complexity index is 589. The Morgan fingerprint density at radius 2 is 1.29 bits per heavy atom. The number of benzene rings is 2. The van der Waals surface area contributed by atoms with Gasteiger partial charge in [0.15, 0.2) is 0 Å². The average molecular weight is 302 g/mol.